The third kappa shape index (κ3) is 4.54. The number of hydrogen-bond donors (Lipinski definition) is 2. The summed E-state index contributed by atoms with van der Waals surface area (Å²) in [4.78, 5) is 3.60. The third-order valence-corrected chi connectivity index (χ3v) is 5.74. The van der Waals surface area contributed by atoms with Gasteiger partial charge in [-0.25, -0.2) is 0 Å². The number of H-pyrrole nitrogens is 1. The second kappa shape index (κ2) is 8.62. The molecule has 0 saturated carbocycles. The van der Waals surface area contributed by atoms with Crippen LogP contribution >= 0.6 is 0 Å². The Bertz CT molecular complexity index is 860. The van der Waals surface area contributed by atoms with E-state index in [2.05, 4.69) is 53.6 Å². The van der Waals surface area contributed by atoms with Crippen LogP contribution < -0.4 is 10.1 Å². The maximum atomic E-state index is 6.07. The Morgan fingerprint density at radius 1 is 1.07 bits per heavy atom. The minimum atomic E-state index is 0.595. The number of para-hydroxylation sites is 1. The zero-order chi connectivity index (χ0) is 18.5. The first kappa shape index (κ1) is 18.1. The fraction of sp³-hybridized carbons (Fsp3) is 0.417. The molecule has 3 heteroatoms. The Labute approximate surface area is 162 Å². The van der Waals surface area contributed by atoms with Gasteiger partial charge < -0.3 is 15.0 Å². The van der Waals surface area contributed by atoms with Gasteiger partial charge in [0.05, 0.1) is 5.69 Å². The van der Waals surface area contributed by atoms with Crippen molar-refractivity contribution < 1.29 is 4.74 Å². The largest absolute Gasteiger partial charge is 0.487 e. The molecule has 0 amide bonds. The monoisotopic (exact) mass is 362 g/mol. The van der Waals surface area contributed by atoms with Crippen molar-refractivity contribution in [1.82, 2.24) is 10.3 Å². The van der Waals surface area contributed by atoms with E-state index in [-0.39, 0.29) is 0 Å². The number of nitrogens with one attached hydrogen (secondary N) is 2. The van der Waals surface area contributed by atoms with Gasteiger partial charge in [0.2, 0.25) is 0 Å². The Balaban J connectivity index is 1.45. The molecule has 1 aliphatic rings. The molecule has 2 aromatic carbocycles. The highest BCUT2D eigenvalue weighted by molar-refractivity contribution is 5.84. The molecule has 1 unspecified atom stereocenters. The molecule has 3 nitrogen and oxygen atoms in total. The normalized spacial score (nSPS) is 17.3. The first-order valence-corrected chi connectivity index (χ1v) is 10.3. The molecule has 0 radical (unpaired) electrons. The van der Waals surface area contributed by atoms with Crippen LogP contribution in [0, 0.1) is 12.8 Å². The van der Waals surface area contributed by atoms with Crippen LogP contribution in [0.3, 0.4) is 0 Å². The molecule has 0 bridgehead atoms. The average Bonchev–Trinajstić information content (AvgIpc) is 3.06. The van der Waals surface area contributed by atoms with Crippen LogP contribution in [0.25, 0.3) is 10.9 Å². The van der Waals surface area contributed by atoms with Crippen LogP contribution in [-0.2, 0) is 13.0 Å². The van der Waals surface area contributed by atoms with Crippen molar-refractivity contribution >= 4 is 10.9 Å². The van der Waals surface area contributed by atoms with E-state index in [1.165, 1.54) is 66.5 Å². The Kier molecular flexibility index (Phi) is 5.78. The van der Waals surface area contributed by atoms with Gasteiger partial charge in [-0.05, 0) is 81.8 Å². The van der Waals surface area contributed by atoms with Crippen molar-refractivity contribution in [2.24, 2.45) is 5.92 Å². The third-order valence-electron chi connectivity index (χ3n) is 5.74. The van der Waals surface area contributed by atoms with Gasteiger partial charge in [-0.15, -0.1) is 0 Å². The number of ether oxygens (including phenoxy) is 1. The van der Waals surface area contributed by atoms with Crippen molar-refractivity contribution in [1.29, 1.82) is 0 Å². The molecule has 1 aromatic heterocycles. The van der Waals surface area contributed by atoms with E-state index in [1.807, 2.05) is 12.1 Å². The second-order valence-electron chi connectivity index (χ2n) is 7.83. The lowest BCUT2D eigenvalue weighted by Crippen LogP contribution is -2.29. The van der Waals surface area contributed by atoms with Crippen molar-refractivity contribution in [3.8, 4) is 5.75 Å². The number of hydrogen-bond acceptors (Lipinski definition) is 2. The first-order valence-electron chi connectivity index (χ1n) is 10.3. The molecular weight excluding hydrogens is 332 g/mol. The lowest BCUT2D eigenvalue weighted by atomic mass is 9.92. The van der Waals surface area contributed by atoms with Gasteiger partial charge >= 0.3 is 0 Å². The predicted octanol–water partition coefficient (Wildman–Crippen LogP) is 5.38. The fourth-order valence-electron chi connectivity index (χ4n) is 4.19. The van der Waals surface area contributed by atoms with Gasteiger partial charge in [-0.2, -0.15) is 0 Å². The highest BCUT2D eigenvalue weighted by atomic mass is 16.5. The molecule has 0 aliphatic carbocycles. The molecule has 2 N–H and O–H groups in total. The molecule has 27 heavy (non-hydrogen) atoms. The Morgan fingerprint density at radius 2 is 1.93 bits per heavy atom. The Morgan fingerprint density at radius 3 is 2.74 bits per heavy atom. The zero-order valence-electron chi connectivity index (χ0n) is 16.3. The van der Waals surface area contributed by atoms with Crippen LogP contribution in [0.15, 0.2) is 48.5 Å². The quantitative estimate of drug-likeness (QED) is 0.592. The zero-order valence-corrected chi connectivity index (χ0v) is 16.3. The number of aromatic nitrogens is 1. The molecule has 4 rings (SSSR count). The van der Waals surface area contributed by atoms with E-state index in [4.69, 9.17) is 4.74 Å². The van der Waals surface area contributed by atoms with E-state index in [9.17, 15) is 0 Å². The SMILES string of the molecule is Cc1ccc(OCc2[nH]c3ccccc3c2CCCC2CCCNC2)cc1. The van der Waals surface area contributed by atoms with E-state index in [1.54, 1.807) is 0 Å². The molecule has 0 spiro atoms. The van der Waals surface area contributed by atoms with E-state index < -0.39 is 0 Å². The summed E-state index contributed by atoms with van der Waals surface area (Å²) in [5, 5.41) is 4.88. The van der Waals surface area contributed by atoms with Crippen molar-refractivity contribution in [3.63, 3.8) is 0 Å². The predicted molar refractivity (Wildman–Crippen MR) is 112 cm³/mol. The Hall–Kier alpha value is -2.26. The standard InChI is InChI=1S/C24H30N2O/c1-18-11-13-20(14-12-18)27-17-24-22(21-8-2-3-10-23(21)26-24)9-4-6-19-7-5-15-25-16-19/h2-3,8,10-14,19,25-26H,4-7,9,15-17H2,1H3. The van der Waals surface area contributed by atoms with Crippen LogP contribution in [0.4, 0.5) is 0 Å². The number of piperidine rings is 1. The van der Waals surface area contributed by atoms with Crippen molar-refractivity contribution in [2.75, 3.05) is 13.1 Å². The van der Waals surface area contributed by atoms with Crippen molar-refractivity contribution in [3.05, 3.63) is 65.4 Å². The van der Waals surface area contributed by atoms with E-state index in [0.29, 0.717) is 6.61 Å². The maximum absolute atomic E-state index is 6.07. The number of aromatic amines is 1. The minimum Gasteiger partial charge on any atom is -0.487 e. The number of rotatable bonds is 7. The van der Waals surface area contributed by atoms with Crippen LogP contribution in [0.1, 0.15) is 42.5 Å². The van der Waals surface area contributed by atoms with Gasteiger partial charge in [-0.1, -0.05) is 35.9 Å². The first-order chi connectivity index (χ1) is 13.3. The summed E-state index contributed by atoms with van der Waals surface area (Å²) < 4.78 is 6.07. The summed E-state index contributed by atoms with van der Waals surface area (Å²) in [6, 6.07) is 16.9. The summed E-state index contributed by atoms with van der Waals surface area (Å²) in [6.45, 7) is 5.08. The molecular formula is C24H30N2O. The average molecular weight is 363 g/mol. The molecule has 1 atom stereocenters. The lowest BCUT2D eigenvalue weighted by molar-refractivity contribution is 0.300. The summed E-state index contributed by atoms with van der Waals surface area (Å²) in [6.07, 6.45) is 6.38. The fourth-order valence-corrected chi connectivity index (χ4v) is 4.19. The molecule has 1 fully saturated rings. The molecule has 1 saturated heterocycles. The van der Waals surface area contributed by atoms with Crippen LogP contribution in [-0.4, -0.2) is 18.1 Å². The summed E-state index contributed by atoms with van der Waals surface area (Å²) in [5.74, 6) is 1.77. The number of aryl methyl sites for hydroxylation is 2. The van der Waals surface area contributed by atoms with Crippen molar-refractivity contribution in [2.45, 2.75) is 45.6 Å². The van der Waals surface area contributed by atoms with Gasteiger partial charge in [-0.3, -0.25) is 0 Å². The van der Waals surface area contributed by atoms with Gasteiger partial charge in [0.15, 0.2) is 0 Å². The highest BCUT2D eigenvalue weighted by Gasteiger charge is 2.15. The number of fused-ring (bicyclic) bond motifs is 1. The minimum absolute atomic E-state index is 0.595. The van der Waals surface area contributed by atoms with Gasteiger partial charge in [0.1, 0.15) is 12.4 Å². The summed E-state index contributed by atoms with van der Waals surface area (Å²) in [5.41, 5.74) is 5.13. The molecule has 1 aliphatic heterocycles. The van der Waals surface area contributed by atoms with Crippen LogP contribution in [0.2, 0.25) is 0 Å². The maximum Gasteiger partial charge on any atom is 0.128 e. The molecule has 2 heterocycles. The van der Waals surface area contributed by atoms with Crippen LogP contribution in [0.5, 0.6) is 5.75 Å². The number of benzene rings is 2. The summed E-state index contributed by atoms with van der Waals surface area (Å²) >= 11 is 0. The molecule has 3 aromatic rings. The van der Waals surface area contributed by atoms with Gasteiger partial charge in [0.25, 0.3) is 0 Å². The summed E-state index contributed by atoms with van der Waals surface area (Å²) in [7, 11) is 0. The molecule has 142 valence electrons. The highest BCUT2D eigenvalue weighted by Crippen LogP contribution is 2.27. The van der Waals surface area contributed by atoms with E-state index in [0.717, 1.165) is 18.1 Å². The lowest BCUT2D eigenvalue weighted by Gasteiger charge is -2.22. The topological polar surface area (TPSA) is 37.0 Å². The van der Waals surface area contributed by atoms with E-state index >= 15 is 0 Å². The van der Waals surface area contributed by atoms with Gasteiger partial charge in [0, 0.05) is 10.9 Å². The smallest absolute Gasteiger partial charge is 0.128 e. The second-order valence-corrected chi connectivity index (χ2v) is 7.83.